The molecule has 0 radical (unpaired) electrons. The van der Waals surface area contributed by atoms with Gasteiger partial charge in [0.05, 0.1) is 5.69 Å². The predicted molar refractivity (Wildman–Crippen MR) is 105 cm³/mol. The average Bonchev–Trinajstić information content (AvgIpc) is 3.07. The molecule has 1 aliphatic carbocycles. The van der Waals surface area contributed by atoms with E-state index in [9.17, 15) is 0 Å². The van der Waals surface area contributed by atoms with Crippen LogP contribution in [0.3, 0.4) is 0 Å². The van der Waals surface area contributed by atoms with E-state index in [2.05, 4.69) is 34.2 Å². The molecule has 1 aliphatic rings. The van der Waals surface area contributed by atoms with Gasteiger partial charge in [-0.25, -0.2) is 4.98 Å². The molecule has 3 aromatic heterocycles. The van der Waals surface area contributed by atoms with Crippen LogP contribution in [-0.4, -0.2) is 9.97 Å². The molecule has 3 heteroatoms. The Morgan fingerprint density at radius 1 is 0.923 bits per heavy atom. The lowest BCUT2D eigenvalue weighted by Crippen LogP contribution is -2.09. The third-order valence-corrected chi connectivity index (χ3v) is 5.60. The second-order valence-electron chi connectivity index (χ2n) is 7.43. The Balaban J connectivity index is 1.50. The highest BCUT2D eigenvalue weighted by molar-refractivity contribution is 6.04. The van der Waals surface area contributed by atoms with Crippen molar-refractivity contribution in [3.05, 3.63) is 60.4 Å². The molecule has 1 fully saturated rings. The van der Waals surface area contributed by atoms with E-state index in [0.29, 0.717) is 5.71 Å². The molecule has 0 N–H and O–H groups in total. The number of benzene rings is 1. The number of nitrogens with zero attached hydrogens (tertiary/aromatic N) is 2. The zero-order chi connectivity index (χ0) is 17.3. The molecule has 0 amide bonds. The second-order valence-corrected chi connectivity index (χ2v) is 7.43. The first-order valence-electron chi connectivity index (χ1n) is 9.59. The maximum absolute atomic E-state index is 5.84. The molecule has 1 aromatic carbocycles. The summed E-state index contributed by atoms with van der Waals surface area (Å²) >= 11 is 0. The summed E-state index contributed by atoms with van der Waals surface area (Å²) in [6.07, 6.45) is 11.9. The third-order valence-electron chi connectivity index (χ3n) is 5.60. The Bertz CT molecular complexity index is 1060. The van der Waals surface area contributed by atoms with E-state index < -0.39 is 0 Å². The first kappa shape index (κ1) is 15.6. The Morgan fingerprint density at radius 2 is 1.81 bits per heavy atom. The number of hydrogen-bond donors (Lipinski definition) is 0. The smallest absolute Gasteiger partial charge is 0.227 e. The van der Waals surface area contributed by atoms with Gasteiger partial charge in [-0.3, -0.25) is 4.98 Å². The van der Waals surface area contributed by atoms with E-state index in [4.69, 9.17) is 4.42 Å². The summed E-state index contributed by atoms with van der Waals surface area (Å²) in [5.74, 6) is 0.831. The van der Waals surface area contributed by atoms with Crippen molar-refractivity contribution in [2.45, 2.75) is 38.5 Å². The fourth-order valence-electron chi connectivity index (χ4n) is 4.23. The van der Waals surface area contributed by atoms with Gasteiger partial charge >= 0.3 is 0 Å². The third kappa shape index (κ3) is 2.88. The Hall–Kier alpha value is -2.68. The van der Waals surface area contributed by atoms with Gasteiger partial charge in [-0.05, 0) is 42.2 Å². The molecule has 26 heavy (non-hydrogen) atoms. The minimum Gasteiger partial charge on any atom is -0.438 e. The van der Waals surface area contributed by atoms with Crippen LogP contribution in [0.25, 0.3) is 33.3 Å². The highest BCUT2D eigenvalue weighted by Crippen LogP contribution is 2.31. The van der Waals surface area contributed by atoms with Gasteiger partial charge in [-0.2, -0.15) is 0 Å². The summed E-state index contributed by atoms with van der Waals surface area (Å²) in [6, 6.07) is 14.6. The molecule has 0 unspecified atom stereocenters. The molecular weight excluding hydrogens is 320 g/mol. The largest absolute Gasteiger partial charge is 0.438 e. The van der Waals surface area contributed by atoms with Crippen LogP contribution >= 0.6 is 0 Å². The number of hydrogen-bond acceptors (Lipinski definition) is 3. The standard InChI is InChI=1S/C23H22N2O/c1-2-6-16(7-3-1)12-17-10-11-24-21(13-17)18-14-20-19-8-4-5-9-22(19)26-23(20)25-15-18/h4-5,8-11,13-16H,1-3,6-7,12H2. The number of furan rings is 1. The van der Waals surface area contributed by atoms with Crippen molar-refractivity contribution < 1.29 is 4.42 Å². The number of fused-ring (bicyclic) bond motifs is 3. The lowest BCUT2D eigenvalue weighted by atomic mass is 9.85. The SMILES string of the molecule is c1ccc2c(c1)oc1ncc(-c3cc(CC4CCCCC4)ccn3)cc12. The van der Waals surface area contributed by atoms with Gasteiger partial charge in [0, 0.05) is 28.7 Å². The topological polar surface area (TPSA) is 38.9 Å². The normalized spacial score (nSPS) is 15.7. The number of pyridine rings is 2. The van der Waals surface area contributed by atoms with E-state index in [1.807, 2.05) is 30.6 Å². The minimum atomic E-state index is 0.688. The highest BCUT2D eigenvalue weighted by Gasteiger charge is 2.15. The van der Waals surface area contributed by atoms with E-state index in [-0.39, 0.29) is 0 Å². The molecule has 0 aliphatic heterocycles. The Labute approximate surface area is 153 Å². The summed E-state index contributed by atoms with van der Waals surface area (Å²) in [5.41, 5.74) is 5.01. The van der Waals surface area contributed by atoms with Gasteiger partial charge in [0.25, 0.3) is 0 Å². The van der Waals surface area contributed by atoms with Crippen LogP contribution in [0.15, 0.2) is 59.3 Å². The van der Waals surface area contributed by atoms with Crippen LogP contribution in [-0.2, 0) is 6.42 Å². The fourth-order valence-corrected chi connectivity index (χ4v) is 4.23. The molecule has 0 atom stereocenters. The molecule has 5 rings (SSSR count). The molecule has 0 spiro atoms. The minimum absolute atomic E-state index is 0.688. The van der Waals surface area contributed by atoms with Crippen LogP contribution < -0.4 is 0 Å². The summed E-state index contributed by atoms with van der Waals surface area (Å²) in [5, 5.41) is 2.16. The van der Waals surface area contributed by atoms with Crippen molar-refractivity contribution >= 4 is 22.1 Å². The van der Waals surface area contributed by atoms with Gasteiger partial charge in [-0.1, -0.05) is 50.3 Å². The summed E-state index contributed by atoms with van der Waals surface area (Å²) in [4.78, 5) is 9.14. The summed E-state index contributed by atoms with van der Waals surface area (Å²) < 4.78 is 5.84. The first-order valence-corrected chi connectivity index (χ1v) is 9.59. The quantitative estimate of drug-likeness (QED) is 0.447. The molecular formula is C23H22N2O. The summed E-state index contributed by atoms with van der Waals surface area (Å²) in [7, 11) is 0. The van der Waals surface area contributed by atoms with E-state index in [1.165, 1.54) is 44.1 Å². The molecule has 130 valence electrons. The zero-order valence-electron chi connectivity index (χ0n) is 14.8. The van der Waals surface area contributed by atoms with Crippen molar-refractivity contribution in [1.29, 1.82) is 0 Å². The van der Waals surface area contributed by atoms with Gasteiger partial charge in [-0.15, -0.1) is 0 Å². The molecule has 0 saturated heterocycles. The molecule has 3 nitrogen and oxygen atoms in total. The van der Waals surface area contributed by atoms with Crippen LogP contribution in [0.1, 0.15) is 37.7 Å². The van der Waals surface area contributed by atoms with Gasteiger partial charge in [0.1, 0.15) is 5.58 Å². The van der Waals surface area contributed by atoms with Crippen molar-refractivity contribution in [1.82, 2.24) is 9.97 Å². The van der Waals surface area contributed by atoms with E-state index in [1.54, 1.807) is 0 Å². The zero-order valence-corrected chi connectivity index (χ0v) is 14.8. The lowest BCUT2D eigenvalue weighted by Gasteiger charge is -2.21. The van der Waals surface area contributed by atoms with Crippen molar-refractivity contribution in [2.75, 3.05) is 0 Å². The number of aromatic nitrogens is 2. The molecule has 0 bridgehead atoms. The molecule has 4 aromatic rings. The maximum Gasteiger partial charge on any atom is 0.227 e. The fraction of sp³-hybridized carbons (Fsp3) is 0.304. The van der Waals surface area contributed by atoms with E-state index >= 15 is 0 Å². The van der Waals surface area contributed by atoms with Crippen molar-refractivity contribution in [2.24, 2.45) is 5.92 Å². The predicted octanol–water partition coefficient (Wildman–Crippen LogP) is 6.17. The van der Waals surface area contributed by atoms with Crippen molar-refractivity contribution in [3.63, 3.8) is 0 Å². The number of rotatable bonds is 3. The van der Waals surface area contributed by atoms with Gasteiger partial charge < -0.3 is 4.42 Å². The van der Waals surface area contributed by atoms with Gasteiger partial charge in [0.2, 0.25) is 5.71 Å². The summed E-state index contributed by atoms with van der Waals surface area (Å²) in [6.45, 7) is 0. The molecule has 3 heterocycles. The van der Waals surface area contributed by atoms with Crippen LogP contribution in [0, 0.1) is 5.92 Å². The second kappa shape index (κ2) is 6.56. The Kier molecular flexibility index (Phi) is 3.93. The van der Waals surface area contributed by atoms with Crippen LogP contribution in [0.5, 0.6) is 0 Å². The van der Waals surface area contributed by atoms with Crippen molar-refractivity contribution in [3.8, 4) is 11.3 Å². The van der Waals surface area contributed by atoms with E-state index in [0.717, 1.165) is 33.5 Å². The maximum atomic E-state index is 5.84. The van der Waals surface area contributed by atoms with Gasteiger partial charge in [0.15, 0.2) is 0 Å². The Morgan fingerprint density at radius 3 is 2.73 bits per heavy atom. The number of para-hydroxylation sites is 1. The molecule has 1 saturated carbocycles. The lowest BCUT2D eigenvalue weighted by molar-refractivity contribution is 0.356. The first-order chi connectivity index (χ1) is 12.9. The van der Waals surface area contributed by atoms with Crippen LogP contribution in [0.4, 0.5) is 0 Å². The monoisotopic (exact) mass is 342 g/mol. The average molecular weight is 342 g/mol. The highest BCUT2D eigenvalue weighted by atomic mass is 16.3. The van der Waals surface area contributed by atoms with Crippen LogP contribution in [0.2, 0.25) is 0 Å².